The Morgan fingerprint density at radius 1 is 1.12 bits per heavy atom. The molecule has 2 aliphatic rings. The van der Waals surface area contributed by atoms with Crippen LogP contribution in [0.15, 0.2) is 24.3 Å². The van der Waals surface area contributed by atoms with E-state index in [4.69, 9.17) is 4.74 Å². The maximum Gasteiger partial charge on any atom is 0.227 e. The molecule has 6 nitrogen and oxygen atoms in total. The van der Waals surface area contributed by atoms with Gasteiger partial charge in [-0.1, -0.05) is 18.2 Å². The monoisotopic (exact) mass is 366 g/mol. The third-order valence-electron chi connectivity index (χ3n) is 5.24. The summed E-state index contributed by atoms with van der Waals surface area (Å²) in [6.45, 7) is 3.05. The van der Waals surface area contributed by atoms with Crippen LogP contribution in [0.4, 0.5) is 0 Å². The Morgan fingerprint density at radius 3 is 2.40 bits per heavy atom. The van der Waals surface area contributed by atoms with Crippen molar-refractivity contribution in [2.24, 2.45) is 0 Å². The van der Waals surface area contributed by atoms with Gasteiger partial charge in [0.15, 0.2) is 0 Å². The first-order chi connectivity index (χ1) is 12.0. The van der Waals surface area contributed by atoms with E-state index in [0.29, 0.717) is 37.1 Å². The van der Waals surface area contributed by atoms with Crippen molar-refractivity contribution in [1.29, 1.82) is 0 Å². The van der Waals surface area contributed by atoms with Crippen LogP contribution in [0.2, 0.25) is 0 Å². The van der Waals surface area contributed by atoms with Crippen LogP contribution in [0.5, 0.6) is 5.75 Å². The molecule has 0 aromatic heterocycles. The number of carbonyl (C=O) groups excluding carboxylic acids is 1. The van der Waals surface area contributed by atoms with E-state index >= 15 is 0 Å². The quantitative estimate of drug-likeness (QED) is 0.794. The Morgan fingerprint density at radius 2 is 1.76 bits per heavy atom. The number of ether oxygens (including phenoxy) is 1. The topological polar surface area (TPSA) is 66.9 Å². The molecular formula is C18H26N2O4S. The van der Waals surface area contributed by atoms with E-state index in [1.54, 1.807) is 7.11 Å². The standard InChI is InChI=1S/C18H26N2O4S/c1-24-17-5-3-2-4-15(17)14-18(21)20-10-8-19(9-11-20)16-6-12-25(22,23)13-7-16/h2-5,16H,6-14H2,1H3. The molecule has 0 radical (unpaired) electrons. The second kappa shape index (κ2) is 7.74. The van der Waals surface area contributed by atoms with Crippen LogP contribution in [0.1, 0.15) is 18.4 Å². The van der Waals surface area contributed by atoms with Gasteiger partial charge in [-0.3, -0.25) is 9.69 Å². The molecule has 25 heavy (non-hydrogen) atoms. The zero-order chi connectivity index (χ0) is 17.9. The van der Waals surface area contributed by atoms with Crippen molar-refractivity contribution in [3.05, 3.63) is 29.8 Å². The number of amides is 1. The highest BCUT2D eigenvalue weighted by molar-refractivity contribution is 7.91. The number of piperazine rings is 1. The van der Waals surface area contributed by atoms with Crippen LogP contribution >= 0.6 is 0 Å². The number of benzene rings is 1. The molecule has 138 valence electrons. The minimum atomic E-state index is -2.82. The van der Waals surface area contributed by atoms with Gasteiger partial charge in [0, 0.05) is 37.8 Å². The molecule has 0 N–H and O–H groups in total. The fourth-order valence-electron chi connectivity index (χ4n) is 3.70. The molecule has 2 saturated heterocycles. The summed E-state index contributed by atoms with van der Waals surface area (Å²) >= 11 is 0. The van der Waals surface area contributed by atoms with Gasteiger partial charge in [-0.15, -0.1) is 0 Å². The lowest BCUT2D eigenvalue weighted by atomic mass is 10.1. The summed E-state index contributed by atoms with van der Waals surface area (Å²) < 4.78 is 28.4. The molecule has 0 bridgehead atoms. The van der Waals surface area contributed by atoms with Crippen LogP contribution < -0.4 is 4.74 Å². The van der Waals surface area contributed by atoms with E-state index in [1.165, 1.54) is 0 Å². The average Bonchev–Trinajstić information content (AvgIpc) is 2.62. The van der Waals surface area contributed by atoms with E-state index in [2.05, 4.69) is 4.90 Å². The van der Waals surface area contributed by atoms with Crippen LogP contribution in [0.25, 0.3) is 0 Å². The Hall–Kier alpha value is -1.60. The number of sulfone groups is 1. The number of hydrogen-bond donors (Lipinski definition) is 0. The van der Waals surface area contributed by atoms with E-state index < -0.39 is 9.84 Å². The normalized spacial score (nSPS) is 21.9. The summed E-state index contributed by atoms with van der Waals surface area (Å²) in [5.41, 5.74) is 0.912. The third kappa shape index (κ3) is 4.52. The van der Waals surface area contributed by atoms with Crippen LogP contribution in [-0.2, 0) is 21.1 Å². The predicted molar refractivity (Wildman–Crippen MR) is 96.5 cm³/mol. The smallest absolute Gasteiger partial charge is 0.227 e. The maximum absolute atomic E-state index is 12.6. The molecule has 0 unspecified atom stereocenters. The molecule has 2 fully saturated rings. The van der Waals surface area contributed by atoms with Gasteiger partial charge in [-0.2, -0.15) is 0 Å². The summed E-state index contributed by atoms with van der Waals surface area (Å²) in [4.78, 5) is 16.8. The summed E-state index contributed by atoms with van der Waals surface area (Å²) in [5, 5.41) is 0. The number of rotatable bonds is 4. The molecule has 0 spiro atoms. The molecule has 1 aromatic rings. The molecular weight excluding hydrogens is 340 g/mol. The van der Waals surface area contributed by atoms with Gasteiger partial charge >= 0.3 is 0 Å². The number of nitrogens with zero attached hydrogens (tertiary/aromatic N) is 2. The highest BCUT2D eigenvalue weighted by Crippen LogP contribution is 2.21. The SMILES string of the molecule is COc1ccccc1CC(=O)N1CCN(C2CCS(=O)(=O)CC2)CC1. The fourth-order valence-corrected chi connectivity index (χ4v) is 5.17. The molecule has 3 rings (SSSR count). The summed E-state index contributed by atoms with van der Waals surface area (Å²) in [6.07, 6.45) is 1.79. The summed E-state index contributed by atoms with van der Waals surface area (Å²) in [6, 6.07) is 7.96. The lowest BCUT2D eigenvalue weighted by Crippen LogP contribution is -2.53. The maximum atomic E-state index is 12.6. The number of para-hydroxylation sites is 1. The molecule has 2 heterocycles. The second-order valence-electron chi connectivity index (χ2n) is 6.79. The van der Waals surface area contributed by atoms with Crippen molar-refractivity contribution >= 4 is 15.7 Å². The second-order valence-corrected chi connectivity index (χ2v) is 9.09. The van der Waals surface area contributed by atoms with Crippen molar-refractivity contribution < 1.29 is 17.9 Å². The van der Waals surface area contributed by atoms with E-state index in [0.717, 1.165) is 37.2 Å². The van der Waals surface area contributed by atoms with Gasteiger partial charge in [0.25, 0.3) is 0 Å². The Bertz CT molecular complexity index is 698. The van der Waals surface area contributed by atoms with Crippen molar-refractivity contribution in [2.75, 3.05) is 44.8 Å². The van der Waals surface area contributed by atoms with E-state index in [1.807, 2.05) is 29.2 Å². The Kier molecular flexibility index (Phi) is 5.64. The first kappa shape index (κ1) is 18.2. The zero-order valence-corrected chi connectivity index (χ0v) is 15.5. The summed E-state index contributed by atoms with van der Waals surface area (Å²) in [7, 11) is -1.21. The number of methoxy groups -OCH3 is 1. The fraction of sp³-hybridized carbons (Fsp3) is 0.611. The van der Waals surface area contributed by atoms with Gasteiger partial charge in [-0.25, -0.2) is 8.42 Å². The first-order valence-electron chi connectivity index (χ1n) is 8.82. The molecule has 1 amide bonds. The Labute approximate surface area is 149 Å². The van der Waals surface area contributed by atoms with Crippen molar-refractivity contribution in [3.8, 4) is 5.75 Å². The molecule has 0 atom stereocenters. The molecule has 0 aliphatic carbocycles. The van der Waals surface area contributed by atoms with Gasteiger partial charge in [0.05, 0.1) is 25.0 Å². The third-order valence-corrected chi connectivity index (χ3v) is 6.96. The lowest BCUT2D eigenvalue weighted by Gasteiger charge is -2.40. The van der Waals surface area contributed by atoms with Crippen molar-refractivity contribution in [1.82, 2.24) is 9.80 Å². The molecule has 7 heteroatoms. The van der Waals surface area contributed by atoms with E-state index in [-0.39, 0.29) is 5.91 Å². The molecule has 2 aliphatic heterocycles. The van der Waals surface area contributed by atoms with Crippen molar-refractivity contribution in [3.63, 3.8) is 0 Å². The predicted octanol–water partition coefficient (Wildman–Crippen LogP) is 0.959. The van der Waals surface area contributed by atoms with Gasteiger partial charge in [-0.05, 0) is 18.9 Å². The highest BCUT2D eigenvalue weighted by atomic mass is 32.2. The lowest BCUT2D eigenvalue weighted by molar-refractivity contribution is -0.132. The molecule has 0 saturated carbocycles. The first-order valence-corrected chi connectivity index (χ1v) is 10.6. The average molecular weight is 366 g/mol. The molecule has 1 aromatic carbocycles. The van der Waals surface area contributed by atoms with E-state index in [9.17, 15) is 13.2 Å². The van der Waals surface area contributed by atoms with Gasteiger partial charge in [0.1, 0.15) is 15.6 Å². The highest BCUT2D eigenvalue weighted by Gasteiger charge is 2.31. The number of hydrogen-bond acceptors (Lipinski definition) is 5. The number of carbonyl (C=O) groups is 1. The van der Waals surface area contributed by atoms with Crippen molar-refractivity contribution in [2.45, 2.75) is 25.3 Å². The minimum absolute atomic E-state index is 0.121. The van der Waals surface area contributed by atoms with Crippen LogP contribution in [-0.4, -0.2) is 75.0 Å². The Balaban J connectivity index is 1.51. The largest absolute Gasteiger partial charge is 0.496 e. The van der Waals surface area contributed by atoms with Gasteiger partial charge in [0.2, 0.25) is 5.91 Å². The summed E-state index contributed by atoms with van der Waals surface area (Å²) in [5.74, 6) is 1.46. The van der Waals surface area contributed by atoms with Crippen LogP contribution in [0, 0.1) is 0 Å². The van der Waals surface area contributed by atoms with Crippen LogP contribution in [0.3, 0.4) is 0 Å². The van der Waals surface area contributed by atoms with Gasteiger partial charge < -0.3 is 9.64 Å². The zero-order valence-electron chi connectivity index (χ0n) is 14.7. The minimum Gasteiger partial charge on any atom is -0.496 e.